The molecule has 6 nitrogen and oxygen atoms in total. The second-order valence-corrected chi connectivity index (χ2v) is 4.08. The smallest absolute Gasteiger partial charge is 0.244 e. The van der Waals surface area contributed by atoms with E-state index >= 15 is 0 Å². The minimum Gasteiger partial charge on any atom is -0.354 e. The molecule has 0 spiro atoms. The minimum atomic E-state index is -0.507. The number of hydrogen-bond donors (Lipinski definition) is 1. The number of nitrogens with one attached hydrogen (secondary N) is 1. The van der Waals surface area contributed by atoms with E-state index in [1.165, 1.54) is 16.9 Å². The predicted molar refractivity (Wildman–Crippen MR) is 54.9 cm³/mol. The molecule has 0 aromatic carbocycles. The standard InChI is InChI=1S/C10H15N3O3/c1-7(14)12-6-2-3-8-10(16)11-5-4-9(15)13(8)12/h8H,2-6H2,1H3,(H,11,16). The first-order valence-corrected chi connectivity index (χ1v) is 5.49. The van der Waals surface area contributed by atoms with Crippen LogP contribution in [-0.4, -0.2) is 46.9 Å². The second kappa shape index (κ2) is 4.11. The van der Waals surface area contributed by atoms with Crippen LogP contribution in [0.3, 0.4) is 0 Å². The van der Waals surface area contributed by atoms with Gasteiger partial charge in [0.2, 0.25) is 17.7 Å². The van der Waals surface area contributed by atoms with Gasteiger partial charge in [-0.1, -0.05) is 0 Å². The first-order valence-electron chi connectivity index (χ1n) is 5.49. The monoisotopic (exact) mass is 225 g/mol. The van der Waals surface area contributed by atoms with Crippen molar-refractivity contribution in [2.24, 2.45) is 0 Å². The van der Waals surface area contributed by atoms with E-state index in [0.717, 1.165) is 6.42 Å². The second-order valence-electron chi connectivity index (χ2n) is 4.08. The van der Waals surface area contributed by atoms with Crippen LogP contribution in [0.2, 0.25) is 0 Å². The van der Waals surface area contributed by atoms with Gasteiger partial charge in [0.15, 0.2) is 0 Å². The van der Waals surface area contributed by atoms with Crippen molar-refractivity contribution in [2.75, 3.05) is 13.1 Å². The Hall–Kier alpha value is -1.59. The maximum absolute atomic E-state index is 11.8. The van der Waals surface area contributed by atoms with Crippen LogP contribution in [0.25, 0.3) is 0 Å². The average molecular weight is 225 g/mol. The molecule has 1 N–H and O–H groups in total. The zero-order valence-electron chi connectivity index (χ0n) is 9.23. The molecule has 16 heavy (non-hydrogen) atoms. The van der Waals surface area contributed by atoms with E-state index in [1.54, 1.807) is 0 Å². The van der Waals surface area contributed by atoms with Crippen LogP contribution in [0.15, 0.2) is 0 Å². The molecule has 88 valence electrons. The summed E-state index contributed by atoms with van der Waals surface area (Å²) in [4.78, 5) is 35.0. The lowest BCUT2D eigenvalue weighted by molar-refractivity contribution is -0.174. The molecule has 1 unspecified atom stereocenters. The normalized spacial score (nSPS) is 25.9. The van der Waals surface area contributed by atoms with E-state index in [0.29, 0.717) is 19.5 Å². The van der Waals surface area contributed by atoms with Gasteiger partial charge in [-0.05, 0) is 12.8 Å². The molecule has 2 saturated heterocycles. The summed E-state index contributed by atoms with van der Waals surface area (Å²) in [5.41, 5.74) is 0. The molecule has 2 rings (SSSR count). The van der Waals surface area contributed by atoms with Gasteiger partial charge < -0.3 is 5.32 Å². The fourth-order valence-corrected chi connectivity index (χ4v) is 2.22. The molecule has 0 aromatic heterocycles. The Morgan fingerprint density at radius 1 is 1.44 bits per heavy atom. The van der Waals surface area contributed by atoms with Gasteiger partial charge in [0.25, 0.3) is 0 Å². The number of fused-ring (bicyclic) bond motifs is 1. The Morgan fingerprint density at radius 3 is 2.88 bits per heavy atom. The van der Waals surface area contributed by atoms with Crippen molar-refractivity contribution >= 4 is 17.7 Å². The van der Waals surface area contributed by atoms with E-state index < -0.39 is 6.04 Å². The topological polar surface area (TPSA) is 69.7 Å². The number of carbonyl (C=O) groups excluding carboxylic acids is 3. The first kappa shape index (κ1) is 10.9. The van der Waals surface area contributed by atoms with Gasteiger partial charge in [0.05, 0.1) is 0 Å². The SMILES string of the molecule is CC(=O)N1CCCC2C(=O)NCCC(=O)N21. The number of rotatable bonds is 0. The molecule has 2 aliphatic heterocycles. The maximum atomic E-state index is 11.8. The summed E-state index contributed by atoms with van der Waals surface area (Å²) < 4.78 is 0. The molecule has 0 aromatic rings. The van der Waals surface area contributed by atoms with Gasteiger partial charge in [0, 0.05) is 26.4 Å². The summed E-state index contributed by atoms with van der Waals surface area (Å²) in [7, 11) is 0. The Labute approximate surface area is 93.5 Å². The molecule has 2 aliphatic rings. The van der Waals surface area contributed by atoms with Gasteiger partial charge in [-0.15, -0.1) is 0 Å². The third kappa shape index (κ3) is 1.75. The van der Waals surface area contributed by atoms with Crippen molar-refractivity contribution in [1.82, 2.24) is 15.3 Å². The van der Waals surface area contributed by atoms with E-state index in [2.05, 4.69) is 5.32 Å². The molecule has 2 fully saturated rings. The molecule has 2 heterocycles. The van der Waals surface area contributed by atoms with Gasteiger partial charge in [0.1, 0.15) is 6.04 Å². The summed E-state index contributed by atoms with van der Waals surface area (Å²) in [6.45, 7) is 2.29. The molecule has 0 bridgehead atoms. The number of hydrazine groups is 1. The number of hydrogen-bond acceptors (Lipinski definition) is 3. The average Bonchev–Trinajstić information content (AvgIpc) is 2.40. The molecule has 3 amide bonds. The quantitative estimate of drug-likeness (QED) is 0.590. The van der Waals surface area contributed by atoms with E-state index in [1.807, 2.05) is 0 Å². The van der Waals surface area contributed by atoms with Crippen LogP contribution in [-0.2, 0) is 14.4 Å². The molecule has 1 atom stereocenters. The highest BCUT2D eigenvalue weighted by Gasteiger charge is 2.39. The molecular formula is C10H15N3O3. The zero-order valence-corrected chi connectivity index (χ0v) is 9.23. The van der Waals surface area contributed by atoms with E-state index in [4.69, 9.17) is 0 Å². The van der Waals surface area contributed by atoms with Crippen LogP contribution in [0, 0.1) is 0 Å². The summed E-state index contributed by atoms with van der Waals surface area (Å²) in [6, 6.07) is -0.507. The van der Waals surface area contributed by atoms with Crippen molar-refractivity contribution in [2.45, 2.75) is 32.2 Å². The van der Waals surface area contributed by atoms with Gasteiger partial charge >= 0.3 is 0 Å². The maximum Gasteiger partial charge on any atom is 0.244 e. The molecular weight excluding hydrogens is 210 g/mol. The molecule has 0 radical (unpaired) electrons. The Kier molecular flexibility index (Phi) is 2.80. The van der Waals surface area contributed by atoms with Crippen molar-refractivity contribution in [3.63, 3.8) is 0 Å². The highest BCUT2D eigenvalue weighted by Crippen LogP contribution is 2.21. The number of amides is 3. The van der Waals surface area contributed by atoms with Crippen molar-refractivity contribution in [3.8, 4) is 0 Å². The van der Waals surface area contributed by atoms with Crippen molar-refractivity contribution in [3.05, 3.63) is 0 Å². The lowest BCUT2D eigenvalue weighted by atomic mass is 10.1. The lowest BCUT2D eigenvalue weighted by Crippen LogP contribution is -2.59. The van der Waals surface area contributed by atoms with Crippen molar-refractivity contribution in [1.29, 1.82) is 0 Å². The Bertz CT molecular complexity index is 342. The molecule has 0 saturated carbocycles. The van der Waals surface area contributed by atoms with Crippen molar-refractivity contribution < 1.29 is 14.4 Å². The third-order valence-corrected chi connectivity index (χ3v) is 2.96. The van der Waals surface area contributed by atoms with Gasteiger partial charge in [-0.3, -0.25) is 19.4 Å². The van der Waals surface area contributed by atoms with E-state index in [9.17, 15) is 14.4 Å². The fourth-order valence-electron chi connectivity index (χ4n) is 2.22. The fraction of sp³-hybridized carbons (Fsp3) is 0.700. The summed E-state index contributed by atoms with van der Waals surface area (Å²) in [5, 5.41) is 5.43. The van der Waals surface area contributed by atoms with Crippen LogP contribution >= 0.6 is 0 Å². The number of carbonyl (C=O) groups is 3. The minimum absolute atomic E-state index is 0.154. The first-order chi connectivity index (χ1) is 7.61. The van der Waals surface area contributed by atoms with Gasteiger partial charge in [-0.25, -0.2) is 5.01 Å². The van der Waals surface area contributed by atoms with Gasteiger partial charge in [-0.2, -0.15) is 0 Å². The lowest BCUT2D eigenvalue weighted by Gasteiger charge is -2.41. The van der Waals surface area contributed by atoms with Crippen LogP contribution in [0.1, 0.15) is 26.2 Å². The van der Waals surface area contributed by atoms with Crippen LogP contribution in [0.5, 0.6) is 0 Å². The molecule has 0 aliphatic carbocycles. The molecule has 6 heteroatoms. The highest BCUT2D eigenvalue weighted by molar-refractivity contribution is 5.91. The largest absolute Gasteiger partial charge is 0.354 e. The highest BCUT2D eigenvalue weighted by atomic mass is 16.2. The third-order valence-electron chi connectivity index (χ3n) is 2.96. The Morgan fingerprint density at radius 2 is 2.19 bits per heavy atom. The summed E-state index contributed by atoms with van der Waals surface area (Å²) in [5.74, 6) is -0.497. The summed E-state index contributed by atoms with van der Waals surface area (Å²) in [6.07, 6.45) is 1.63. The summed E-state index contributed by atoms with van der Waals surface area (Å²) >= 11 is 0. The Balaban J connectivity index is 2.30. The van der Waals surface area contributed by atoms with Crippen LogP contribution < -0.4 is 5.32 Å². The van der Waals surface area contributed by atoms with E-state index in [-0.39, 0.29) is 24.1 Å². The van der Waals surface area contributed by atoms with Crippen LogP contribution in [0.4, 0.5) is 0 Å². The number of nitrogens with zero attached hydrogens (tertiary/aromatic N) is 2. The predicted octanol–water partition coefficient (Wildman–Crippen LogP) is -0.739. The zero-order chi connectivity index (χ0) is 11.7.